The number of nitrogens with one attached hydrogen (secondary N) is 1. The molecule has 0 bridgehead atoms. The third-order valence-corrected chi connectivity index (χ3v) is 4.91. The van der Waals surface area contributed by atoms with E-state index in [2.05, 4.69) is 37.9 Å². The lowest BCUT2D eigenvalue weighted by molar-refractivity contribution is 0.0693. The lowest BCUT2D eigenvalue weighted by Gasteiger charge is -2.43. The quantitative estimate of drug-likeness (QED) is 0.755. The molecule has 100 valence electrons. The Balaban J connectivity index is 1.79. The zero-order valence-electron chi connectivity index (χ0n) is 12.1. The van der Waals surface area contributed by atoms with Crippen molar-refractivity contribution in [2.24, 2.45) is 11.3 Å². The molecule has 2 atom stereocenters. The van der Waals surface area contributed by atoms with Crippen LogP contribution in [0.2, 0.25) is 0 Å². The number of likely N-dealkylation sites (tertiary alicyclic amines) is 1. The highest BCUT2D eigenvalue weighted by atomic mass is 15.2. The fraction of sp³-hybridized carbons (Fsp3) is 1.00. The van der Waals surface area contributed by atoms with Gasteiger partial charge < -0.3 is 5.32 Å². The largest absolute Gasteiger partial charge is 0.313 e. The van der Waals surface area contributed by atoms with Crippen LogP contribution < -0.4 is 5.32 Å². The molecular weight excluding hydrogens is 208 g/mol. The van der Waals surface area contributed by atoms with Crippen LogP contribution >= 0.6 is 0 Å². The minimum absolute atomic E-state index is 0.505. The van der Waals surface area contributed by atoms with Crippen LogP contribution in [0.25, 0.3) is 0 Å². The molecule has 2 unspecified atom stereocenters. The van der Waals surface area contributed by atoms with Crippen molar-refractivity contribution in [1.29, 1.82) is 0 Å². The molecule has 0 saturated carbocycles. The van der Waals surface area contributed by atoms with Crippen LogP contribution in [0, 0.1) is 11.3 Å². The molecule has 2 heterocycles. The van der Waals surface area contributed by atoms with Crippen molar-refractivity contribution < 1.29 is 0 Å². The predicted octanol–water partition coefficient (Wildman–Crippen LogP) is 2.89. The van der Waals surface area contributed by atoms with Gasteiger partial charge in [-0.2, -0.15) is 0 Å². The number of nitrogens with zero attached hydrogens (tertiary/aromatic N) is 1. The average Bonchev–Trinajstić information content (AvgIpc) is 2.29. The van der Waals surface area contributed by atoms with Gasteiger partial charge in [0.15, 0.2) is 0 Å². The SMILES string of the molecule is CC1CCC(N2CCC(C(C)(C)C)CC2)CN1. The Bertz CT molecular complexity index is 228. The van der Waals surface area contributed by atoms with E-state index in [0.29, 0.717) is 5.41 Å². The summed E-state index contributed by atoms with van der Waals surface area (Å²) in [4.78, 5) is 2.74. The van der Waals surface area contributed by atoms with Crippen molar-refractivity contribution in [2.45, 2.75) is 65.5 Å². The summed E-state index contributed by atoms with van der Waals surface area (Å²) in [5.41, 5.74) is 0.505. The summed E-state index contributed by atoms with van der Waals surface area (Å²) >= 11 is 0. The maximum absolute atomic E-state index is 3.63. The topological polar surface area (TPSA) is 15.3 Å². The molecule has 0 aromatic carbocycles. The maximum atomic E-state index is 3.63. The molecule has 2 saturated heterocycles. The van der Waals surface area contributed by atoms with Gasteiger partial charge in [0, 0.05) is 18.6 Å². The van der Waals surface area contributed by atoms with E-state index >= 15 is 0 Å². The number of rotatable bonds is 1. The number of piperidine rings is 2. The van der Waals surface area contributed by atoms with Crippen LogP contribution in [0.15, 0.2) is 0 Å². The summed E-state index contributed by atoms with van der Waals surface area (Å²) < 4.78 is 0. The molecule has 0 amide bonds. The van der Waals surface area contributed by atoms with E-state index < -0.39 is 0 Å². The van der Waals surface area contributed by atoms with Crippen molar-refractivity contribution in [3.63, 3.8) is 0 Å². The van der Waals surface area contributed by atoms with E-state index in [1.807, 2.05) is 0 Å². The van der Waals surface area contributed by atoms with Gasteiger partial charge >= 0.3 is 0 Å². The zero-order chi connectivity index (χ0) is 12.5. The maximum Gasteiger partial charge on any atom is 0.0221 e. The highest BCUT2D eigenvalue weighted by molar-refractivity contribution is 4.87. The predicted molar refractivity (Wildman–Crippen MR) is 74.2 cm³/mol. The molecule has 2 fully saturated rings. The summed E-state index contributed by atoms with van der Waals surface area (Å²) in [5, 5.41) is 3.63. The zero-order valence-corrected chi connectivity index (χ0v) is 12.1. The normalized spacial score (nSPS) is 33.9. The number of hydrogen-bond donors (Lipinski definition) is 1. The van der Waals surface area contributed by atoms with Gasteiger partial charge in [0.1, 0.15) is 0 Å². The molecule has 2 aliphatic heterocycles. The van der Waals surface area contributed by atoms with Crippen molar-refractivity contribution in [1.82, 2.24) is 10.2 Å². The Morgan fingerprint density at radius 3 is 2.12 bits per heavy atom. The molecule has 2 heteroatoms. The van der Waals surface area contributed by atoms with Gasteiger partial charge in [0.2, 0.25) is 0 Å². The first kappa shape index (κ1) is 13.4. The summed E-state index contributed by atoms with van der Waals surface area (Å²) in [6, 6.07) is 1.55. The fourth-order valence-corrected chi connectivity index (χ4v) is 3.43. The molecule has 2 aliphatic rings. The highest BCUT2D eigenvalue weighted by Crippen LogP contribution is 2.35. The lowest BCUT2D eigenvalue weighted by atomic mass is 9.75. The second-order valence-electron chi connectivity index (χ2n) is 7.22. The second-order valence-corrected chi connectivity index (χ2v) is 7.22. The monoisotopic (exact) mass is 238 g/mol. The van der Waals surface area contributed by atoms with Crippen LogP contribution in [0.4, 0.5) is 0 Å². The lowest BCUT2D eigenvalue weighted by Crippen LogP contribution is -2.51. The molecule has 0 aromatic heterocycles. The minimum atomic E-state index is 0.505. The van der Waals surface area contributed by atoms with Crippen molar-refractivity contribution >= 4 is 0 Å². The molecular formula is C15H30N2. The first-order valence-corrected chi connectivity index (χ1v) is 7.44. The molecule has 0 radical (unpaired) electrons. The Labute approximate surface area is 107 Å². The smallest absolute Gasteiger partial charge is 0.0221 e. The van der Waals surface area contributed by atoms with Gasteiger partial charge in [0.05, 0.1) is 0 Å². The third kappa shape index (κ3) is 3.45. The van der Waals surface area contributed by atoms with Gasteiger partial charge in [-0.3, -0.25) is 4.90 Å². The van der Waals surface area contributed by atoms with Crippen LogP contribution in [0.5, 0.6) is 0 Å². The van der Waals surface area contributed by atoms with Gasteiger partial charge in [0.25, 0.3) is 0 Å². The van der Waals surface area contributed by atoms with Crippen LogP contribution in [0.1, 0.15) is 53.4 Å². The summed E-state index contributed by atoms with van der Waals surface area (Å²) in [7, 11) is 0. The molecule has 0 aromatic rings. The highest BCUT2D eigenvalue weighted by Gasteiger charge is 2.32. The first-order valence-electron chi connectivity index (χ1n) is 7.44. The molecule has 17 heavy (non-hydrogen) atoms. The van der Waals surface area contributed by atoms with E-state index in [4.69, 9.17) is 0 Å². The van der Waals surface area contributed by atoms with E-state index in [0.717, 1.165) is 18.0 Å². The molecule has 2 rings (SSSR count). The minimum Gasteiger partial charge on any atom is -0.313 e. The van der Waals surface area contributed by atoms with E-state index in [9.17, 15) is 0 Å². The Hall–Kier alpha value is -0.0800. The number of hydrogen-bond acceptors (Lipinski definition) is 2. The van der Waals surface area contributed by atoms with Crippen LogP contribution in [-0.2, 0) is 0 Å². The van der Waals surface area contributed by atoms with E-state index in [1.165, 1.54) is 45.3 Å². The second kappa shape index (κ2) is 5.27. The van der Waals surface area contributed by atoms with E-state index in [-0.39, 0.29) is 0 Å². The molecule has 0 aliphatic carbocycles. The van der Waals surface area contributed by atoms with Crippen molar-refractivity contribution in [2.75, 3.05) is 19.6 Å². The average molecular weight is 238 g/mol. The summed E-state index contributed by atoms with van der Waals surface area (Å²) in [6.07, 6.45) is 5.54. The Morgan fingerprint density at radius 2 is 1.65 bits per heavy atom. The molecule has 1 N–H and O–H groups in total. The van der Waals surface area contributed by atoms with Gasteiger partial charge in [-0.25, -0.2) is 0 Å². The van der Waals surface area contributed by atoms with Crippen molar-refractivity contribution in [3.8, 4) is 0 Å². The fourth-order valence-electron chi connectivity index (χ4n) is 3.43. The van der Waals surface area contributed by atoms with Gasteiger partial charge in [-0.15, -0.1) is 0 Å². The van der Waals surface area contributed by atoms with Crippen molar-refractivity contribution in [3.05, 3.63) is 0 Å². The van der Waals surface area contributed by atoms with Gasteiger partial charge in [-0.05, 0) is 57.0 Å². The van der Waals surface area contributed by atoms with E-state index in [1.54, 1.807) is 0 Å². The van der Waals surface area contributed by atoms with Gasteiger partial charge in [-0.1, -0.05) is 20.8 Å². The molecule has 0 spiro atoms. The van der Waals surface area contributed by atoms with Crippen LogP contribution in [-0.4, -0.2) is 36.6 Å². The Kier molecular flexibility index (Phi) is 4.14. The first-order chi connectivity index (χ1) is 7.97. The summed E-state index contributed by atoms with van der Waals surface area (Å²) in [5.74, 6) is 0.925. The summed E-state index contributed by atoms with van der Waals surface area (Å²) in [6.45, 7) is 13.4. The Morgan fingerprint density at radius 1 is 1.00 bits per heavy atom. The standard InChI is InChI=1S/C15H30N2/c1-12-5-6-14(11-16-12)17-9-7-13(8-10-17)15(2,3)4/h12-14,16H,5-11H2,1-4H3. The third-order valence-electron chi connectivity index (χ3n) is 4.91. The van der Waals surface area contributed by atoms with Crippen LogP contribution in [0.3, 0.4) is 0 Å². The molecule has 2 nitrogen and oxygen atoms in total.